The van der Waals surface area contributed by atoms with E-state index in [1.165, 1.54) is 7.11 Å². The van der Waals surface area contributed by atoms with Crippen LogP contribution in [0.2, 0.25) is 0 Å². The molecule has 1 unspecified atom stereocenters. The first-order valence-corrected chi connectivity index (χ1v) is 9.06. The van der Waals surface area contributed by atoms with Crippen molar-refractivity contribution in [1.29, 1.82) is 0 Å². The highest BCUT2D eigenvalue weighted by Crippen LogP contribution is 2.12. The molecule has 0 radical (unpaired) electrons. The number of methoxy groups -OCH3 is 1. The highest BCUT2D eigenvalue weighted by atomic mass is 32.1. The Kier molecular flexibility index (Phi) is 8.15. The second kappa shape index (κ2) is 10.6. The summed E-state index contributed by atoms with van der Waals surface area (Å²) in [5.74, 6) is -1.02. The van der Waals surface area contributed by atoms with E-state index in [4.69, 9.17) is 17.0 Å². The monoisotopic (exact) mass is 393 g/mol. The molecular weight excluding hydrogens is 370 g/mol. The zero-order valence-electron chi connectivity index (χ0n) is 15.1. The van der Waals surface area contributed by atoms with Gasteiger partial charge in [0, 0.05) is 30.8 Å². The van der Waals surface area contributed by atoms with Gasteiger partial charge < -0.3 is 25.4 Å². The van der Waals surface area contributed by atoms with Gasteiger partial charge in [-0.2, -0.15) is 0 Å². The van der Waals surface area contributed by atoms with Crippen molar-refractivity contribution in [1.82, 2.24) is 10.6 Å². The molecule has 1 fully saturated rings. The molecule has 0 saturated carbocycles. The van der Waals surface area contributed by atoms with Gasteiger partial charge in [0.05, 0.1) is 19.6 Å². The summed E-state index contributed by atoms with van der Waals surface area (Å²) < 4.78 is 9.94. The van der Waals surface area contributed by atoms with Crippen LogP contribution in [-0.2, 0) is 19.1 Å². The number of carbonyl (C=O) groups excluding carboxylic acids is 3. The molecule has 3 N–H and O–H groups in total. The molecule has 0 aliphatic carbocycles. The highest BCUT2D eigenvalue weighted by Gasteiger charge is 2.16. The molecule has 1 aromatic rings. The zero-order valence-corrected chi connectivity index (χ0v) is 15.9. The summed E-state index contributed by atoms with van der Waals surface area (Å²) in [5.41, 5.74) is 1.15. The fraction of sp³-hybridized carbons (Fsp3) is 0.444. The number of benzene rings is 1. The Morgan fingerprint density at radius 2 is 1.96 bits per heavy atom. The van der Waals surface area contributed by atoms with E-state index in [0.29, 0.717) is 17.8 Å². The smallest absolute Gasteiger partial charge is 0.306 e. The van der Waals surface area contributed by atoms with Crippen LogP contribution in [0.15, 0.2) is 24.3 Å². The molecule has 9 heteroatoms. The number of hydrogen-bond acceptors (Lipinski definition) is 6. The van der Waals surface area contributed by atoms with Crippen molar-refractivity contribution in [2.24, 2.45) is 0 Å². The van der Waals surface area contributed by atoms with Crippen LogP contribution in [-0.4, -0.2) is 49.3 Å². The average Bonchev–Trinajstić information content (AvgIpc) is 3.18. The summed E-state index contributed by atoms with van der Waals surface area (Å²) in [6.45, 7) is 1.25. The van der Waals surface area contributed by atoms with Crippen LogP contribution in [0.3, 0.4) is 0 Å². The highest BCUT2D eigenvalue weighted by molar-refractivity contribution is 7.80. The Morgan fingerprint density at radius 3 is 2.59 bits per heavy atom. The third kappa shape index (κ3) is 7.32. The quantitative estimate of drug-likeness (QED) is 0.474. The van der Waals surface area contributed by atoms with Crippen molar-refractivity contribution in [3.05, 3.63) is 29.8 Å². The summed E-state index contributed by atoms with van der Waals surface area (Å²) >= 11 is 5.06. The molecule has 2 rings (SSSR count). The predicted octanol–water partition coefficient (Wildman–Crippen LogP) is 1.36. The van der Waals surface area contributed by atoms with Crippen LogP contribution < -0.4 is 16.0 Å². The fourth-order valence-electron chi connectivity index (χ4n) is 2.49. The Labute approximate surface area is 163 Å². The van der Waals surface area contributed by atoms with E-state index in [2.05, 4.69) is 20.7 Å². The summed E-state index contributed by atoms with van der Waals surface area (Å²) in [5, 5.41) is 8.29. The van der Waals surface area contributed by atoms with Crippen LogP contribution in [0.25, 0.3) is 0 Å². The number of hydrogen-bond donors (Lipinski definition) is 3. The van der Waals surface area contributed by atoms with E-state index in [9.17, 15) is 14.4 Å². The molecular formula is C18H23N3O5S. The molecule has 0 bridgehead atoms. The lowest BCUT2D eigenvalue weighted by atomic mass is 10.2. The minimum Gasteiger partial charge on any atom is -0.469 e. The molecule has 1 aromatic carbocycles. The van der Waals surface area contributed by atoms with Gasteiger partial charge >= 0.3 is 5.97 Å². The summed E-state index contributed by atoms with van der Waals surface area (Å²) in [7, 11) is 1.26. The molecule has 146 valence electrons. The third-order valence-electron chi connectivity index (χ3n) is 3.96. The molecule has 0 spiro atoms. The standard InChI is InChI=1S/C18H23N3O5S/c1-25-16(23)9-8-15(22)21-18(27)20-13-6-4-12(5-7-13)17(24)19-11-14-3-2-10-26-14/h4-7,14H,2-3,8-11H2,1H3,(H,19,24)(H2,20,21,22,27). The van der Waals surface area contributed by atoms with Gasteiger partial charge in [-0.15, -0.1) is 0 Å². The molecule has 1 atom stereocenters. The first-order valence-electron chi connectivity index (χ1n) is 8.65. The number of carbonyl (C=O) groups is 3. The van der Waals surface area contributed by atoms with E-state index in [1.54, 1.807) is 24.3 Å². The van der Waals surface area contributed by atoms with E-state index < -0.39 is 5.97 Å². The first kappa shape index (κ1) is 20.8. The number of esters is 1. The van der Waals surface area contributed by atoms with Crippen molar-refractivity contribution in [2.45, 2.75) is 31.8 Å². The van der Waals surface area contributed by atoms with E-state index >= 15 is 0 Å². The number of rotatable bonds is 7. The van der Waals surface area contributed by atoms with Gasteiger partial charge in [0.15, 0.2) is 5.11 Å². The normalized spacial score (nSPS) is 15.7. The maximum absolute atomic E-state index is 12.1. The molecule has 1 aliphatic heterocycles. The molecule has 0 aromatic heterocycles. The lowest BCUT2D eigenvalue weighted by Gasteiger charge is -2.12. The van der Waals surface area contributed by atoms with Gasteiger partial charge in [0.2, 0.25) is 5.91 Å². The number of nitrogens with one attached hydrogen (secondary N) is 3. The van der Waals surface area contributed by atoms with Crippen molar-refractivity contribution in [3.8, 4) is 0 Å². The molecule has 1 heterocycles. The minimum absolute atomic E-state index is 0.0132. The molecule has 1 saturated heterocycles. The van der Waals surface area contributed by atoms with Gasteiger partial charge in [-0.05, 0) is 49.3 Å². The zero-order chi connectivity index (χ0) is 19.6. The van der Waals surface area contributed by atoms with Crippen molar-refractivity contribution in [2.75, 3.05) is 25.6 Å². The van der Waals surface area contributed by atoms with Gasteiger partial charge in [0.1, 0.15) is 0 Å². The van der Waals surface area contributed by atoms with Crippen LogP contribution in [0.5, 0.6) is 0 Å². The van der Waals surface area contributed by atoms with E-state index in [-0.39, 0.29) is 35.9 Å². The van der Waals surface area contributed by atoms with E-state index in [0.717, 1.165) is 19.4 Å². The first-order chi connectivity index (χ1) is 13.0. The number of anilines is 1. The Hall–Kier alpha value is -2.52. The predicted molar refractivity (Wildman–Crippen MR) is 103 cm³/mol. The Morgan fingerprint density at radius 1 is 1.22 bits per heavy atom. The Balaban J connectivity index is 1.75. The topological polar surface area (TPSA) is 106 Å². The molecule has 1 aliphatic rings. The van der Waals surface area contributed by atoms with Gasteiger partial charge in [-0.1, -0.05) is 0 Å². The lowest BCUT2D eigenvalue weighted by molar-refractivity contribution is -0.142. The van der Waals surface area contributed by atoms with Gasteiger partial charge in [-0.3, -0.25) is 14.4 Å². The summed E-state index contributed by atoms with van der Waals surface area (Å²) in [6.07, 6.45) is 2.06. The third-order valence-corrected chi connectivity index (χ3v) is 4.16. The van der Waals surface area contributed by atoms with Crippen molar-refractivity contribution >= 4 is 40.8 Å². The maximum atomic E-state index is 12.1. The van der Waals surface area contributed by atoms with Gasteiger partial charge in [0.25, 0.3) is 5.91 Å². The fourth-order valence-corrected chi connectivity index (χ4v) is 2.72. The largest absolute Gasteiger partial charge is 0.469 e. The maximum Gasteiger partial charge on any atom is 0.306 e. The number of thiocarbonyl (C=S) groups is 1. The summed E-state index contributed by atoms with van der Waals surface area (Å²) in [4.78, 5) is 34.8. The van der Waals surface area contributed by atoms with Gasteiger partial charge in [-0.25, -0.2) is 0 Å². The molecule has 8 nitrogen and oxygen atoms in total. The molecule has 2 amide bonds. The lowest BCUT2D eigenvalue weighted by Crippen LogP contribution is -2.34. The second-order valence-corrected chi connectivity index (χ2v) is 6.41. The summed E-state index contributed by atoms with van der Waals surface area (Å²) in [6, 6.07) is 6.70. The van der Waals surface area contributed by atoms with Crippen molar-refractivity contribution in [3.63, 3.8) is 0 Å². The Bertz CT molecular complexity index is 687. The van der Waals surface area contributed by atoms with Crippen LogP contribution in [0, 0.1) is 0 Å². The van der Waals surface area contributed by atoms with Crippen LogP contribution >= 0.6 is 12.2 Å². The molecule has 27 heavy (non-hydrogen) atoms. The number of ether oxygens (including phenoxy) is 2. The minimum atomic E-state index is -0.461. The average molecular weight is 393 g/mol. The van der Waals surface area contributed by atoms with Crippen LogP contribution in [0.4, 0.5) is 5.69 Å². The number of amides is 2. The SMILES string of the molecule is COC(=O)CCC(=O)NC(=S)Nc1ccc(C(=O)NCC2CCCO2)cc1. The van der Waals surface area contributed by atoms with Crippen LogP contribution in [0.1, 0.15) is 36.0 Å². The van der Waals surface area contributed by atoms with E-state index in [1.807, 2.05) is 0 Å². The second-order valence-electron chi connectivity index (χ2n) is 6.00. The van der Waals surface area contributed by atoms with Crippen molar-refractivity contribution < 1.29 is 23.9 Å².